The molecule has 0 spiro atoms. The Hall–Kier alpha value is -1.48. The van der Waals surface area contributed by atoms with Crippen LogP contribution < -0.4 is 15.8 Å². The standard InChI is InChI=1S/C17H27N3O4S/c1-6-24-14-10-17(18,16(14,3)4)15(21)20-12-8-7-9-13(11(12)2)25(22,23)19-5/h7-9,14,19H,6,10,18H2,1-5H3,(H,20,21). The van der Waals surface area contributed by atoms with E-state index in [0.29, 0.717) is 24.3 Å². The third-order valence-corrected chi connectivity index (χ3v) is 6.88. The molecule has 1 fully saturated rings. The molecule has 1 aromatic rings. The van der Waals surface area contributed by atoms with Gasteiger partial charge < -0.3 is 15.8 Å². The molecule has 8 heteroatoms. The number of anilines is 1. The molecule has 1 aliphatic rings. The first kappa shape index (κ1) is 19.8. The molecule has 140 valence electrons. The smallest absolute Gasteiger partial charge is 0.245 e. The molecular weight excluding hydrogens is 342 g/mol. The zero-order valence-electron chi connectivity index (χ0n) is 15.3. The molecule has 0 saturated heterocycles. The SMILES string of the molecule is CCOC1CC(N)(C(=O)Nc2cccc(S(=O)(=O)NC)c2C)C1(C)C. The average molecular weight is 369 g/mol. The van der Waals surface area contributed by atoms with Crippen molar-refractivity contribution in [1.29, 1.82) is 0 Å². The summed E-state index contributed by atoms with van der Waals surface area (Å²) in [5.74, 6) is -0.337. The van der Waals surface area contributed by atoms with Crippen molar-refractivity contribution in [2.75, 3.05) is 19.0 Å². The number of amides is 1. The second-order valence-electron chi connectivity index (χ2n) is 6.93. The van der Waals surface area contributed by atoms with Crippen LogP contribution in [0.5, 0.6) is 0 Å². The third kappa shape index (κ3) is 3.19. The lowest BCUT2D eigenvalue weighted by Gasteiger charge is -2.57. The van der Waals surface area contributed by atoms with E-state index in [-0.39, 0.29) is 16.9 Å². The number of hydrogen-bond donors (Lipinski definition) is 3. The lowest BCUT2D eigenvalue weighted by molar-refractivity contribution is -0.166. The molecule has 2 rings (SSSR count). The summed E-state index contributed by atoms with van der Waals surface area (Å²) in [6.45, 7) is 7.94. The van der Waals surface area contributed by atoms with E-state index < -0.39 is 21.0 Å². The third-order valence-electron chi connectivity index (χ3n) is 5.33. The van der Waals surface area contributed by atoms with Crippen molar-refractivity contribution >= 4 is 21.6 Å². The summed E-state index contributed by atoms with van der Waals surface area (Å²) in [4.78, 5) is 12.9. The van der Waals surface area contributed by atoms with E-state index in [0.717, 1.165) is 0 Å². The minimum absolute atomic E-state index is 0.0784. The van der Waals surface area contributed by atoms with Crippen LogP contribution in [0.1, 0.15) is 32.8 Å². The summed E-state index contributed by atoms with van der Waals surface area (Å²) < 4.78 is 32.1. The Balaban J connectivity index is 2.27. The van der Waals surface area contributed by atoms with Gasteiger partial charge in [0.15, 0.2) is 0 Å². The Morgan fingerprint density at radius 3 is 2.56 bits per heavy atom. The Morgan fingerprint density at radius 1 is 1.40 bits per heavy atom. The number of nitrogens with two attached hydrogens (primary N) is 1. The van der Waals surface area contributed by atoms with Crippen molar-refractivity contribution in [3.63, 3.8) is 0 Å². The zero-order valence-corrected chi connectivity index (χ0v) is 16.2. The lowest BCUT2D eigenvalue weighted by atomic mass is 9.54. The highest BCUT2D eigenvalue weighted by Gasteiger charge is 2.62. The fourth-order valence-corrected chi connectivity index (χ4v) is 4.20. The van der Waals surface area contributed by atoms with Crippen LogP contribution >= 0.6 is 0 Å². The van der Waals surface area contributed by atoms with Crippen LogP contribution in [0, 0.1) is 12.3 Å². The molecule has 0 aromatic heterocycles. The van der Waals surface area contributed by atoms with Gasteiger partial charge in [-0.3, -0.25) is 4.79 Å². The molecular formula is C17H27N3O4S. The Morgan fingerprint density at radius 2 is 2.04 bits per heavy atom. The summed E-state index contributed by atoms with van der Waals surface area (Å²) in [7, 11) is -2.26. The van der Waals surface area contributed by atoms with Gasteiger partial charge >= 0.3 is 0 Å². The van der Waals surface area contributed by atoms with Gasteiger partial charge in [0, 0.05) is 24.1 Å². The number of ether oxygens (including phenoxy) is 1. The maximum atomic E-state index is 12.8. The van der Waals surface area contributed by atoms with Gasteiger partial charge in [-0.05, 0) is 38.6 Å². The van der Waals surface area contributed by atoms with E-state index >= 15 is 0 Å². The molecule has 1 saturated carbocycles. The van der Waals surface area contributed by atoms with Gasteiger partial charge in [-0.1, -0.05) is 19.9 Å². The molecule has 1 aliphatic carbocycles. The van der Waals surface area contributed by atoms with Gasteiger partial charge in [0.25, 0.3) is 0 Å². The predicted molar refractivity (Wildman–Crippen MR) is 96.8 cm³/mol. The molecule has 0 bridgehead atoms. The van der Waals surface area contributed by atoms with Crippen molar-refractivity contribution in [3.8, 4) is 0 Å². The number of sulfonamides is 1. The monoisotopic (exact) mass is 369 g/mol. The molecule has 7 nitrogen and oxygen atoms in total. The van der Waals surface area contributed by atoms with Crippen molar-refractivity contribution < 1.29 is 17.9 Å². The fraction of sp³-hybridized carbons (Fsp3) is 0.588. The molecule has 0 aliphatic heterocycles. The number of carbonyl (C=O) groups excluding carboxylic acids is 1. The highest BCUT2D eigenvalue weighted by molar-refractivity contribution is 7.89. The molecule has 1 amide bonds. The van der Waals surface area contributed by atoms with E-state index in [4.69, 9.17) is 10.5 Å². The number of carbonyl (C=O) groups is 1. The van der Waals surface area contributed by atoms with Crippen LogP contribution in [0.3, 0.4) is 0 Å². The van der Waals surface area contributed by atoms with Gasteiger partial charge in [-0.2, -0.15) is 0 Å². The second kappa shape index (κ2) is 6.68. The average Bonchev–Trinajstić information content (AvgIpc) is 2.56. The zero-order chi connectivity index (χ0) is 19.0. The first-order chi connectivity index (χ1) is 11.5. The van der Waals surface area contributed by atoms with E-state index in [2.05, 4.69) is 10.0 Å². The van der Waals surface area contributed by atoms with E-state index in [9.17, 15) is 13.2 Å². The number of benzene rings is 1. The van der Waals surface area contributed by atoms with E-state index in [1.165, 1.54) is 13.1 Å². The van der Waals surface area contributed by atoms with Crippen molar-refractivity contribution in [2.24, 2.45) is 11.1 Å². The van der Waals surface area contributed by atoms with Crippen LogP contribution in [0.25, 0.3) is 0 Å². The predicted octanol–water partition coefficient (Wildman–Crippen LogP) is 1.37. The molecule has 25 heavy (non-hydrogen) atoms. The van der Waals surface area contributed by atoms with Crippen molar-refractivity contribution in [2.45, 2.75) is 50.7 Å². The van der Waals surface area contributed by atoms with Gasteiger partial charge in [-0.25, -0.2) is 13.1 Å². The van der Waals surface area contributed by atoms with Crippen molar-refractivity contribution in [3.05, 3.63) is 23.8 Å². The topological polar surface area (TPSA) is 111 Å². The van der Waals surface area contributed by atoms with Crippen LogP contribution in [0.2, 0.25) is 0 Å². The maximum absolute atomic E-state index is 12.8. The van der Waals surface area contributed by atoms with E-state index in [1.807, 2.05) is 20.8 Å². The lowest BCUT2D eigenvalue weighted by Crippen LogP contribution is -2.74. The first-order valence-corrected chi connectivity index (χ1v) is 9.74. The Kier molecular flexibility index (Phi) is 5.30. The quantitative estimate of drug-likeness (QED) is 0.701. The molecule has 0 radical (unpaired) electrons. The highest BCUT2D eigenvalue weighted by atomic mass is 32.2. The molecule has 4 N–H and O–H groups in total. The molecule has 2 unspecified atom stereocenters. The molecule has 2 atom stereocenters. The van der Waals surface area contributed by atoms with Crippen LogP contribution in [0.15, 0.2) is 23.1 Å². The van der Waals surface area contributed by atoms with Crippen molar-refractivity contribution in [1.82, 2.24) is 4.72 Å². The van der Waals surface area contributed by atoms with Crippen LogP contribution in [-0.4, -0.2) is 39.6 Å². The van der Waals surface area contributed by atoms with Gasteiger partial charge in [-0.15, -0.1) is 0 Å². The largest absolute Gasteiger partial charge is 0.378 e. The second-order valence-corrected chi connectivity index (χ2v) is 8.79. The summed E-state index contributed by atoms with van der Waals surface area (Å²) in [5, 5.41) is 2.80. The van der Waals surface area contributed by atoms with Gasteiger partial charge in [0.05, 0.1) is 11.0 Å². The normalized spacial score (nSPS) is 25.3. The summed E-state index contributed by atoms with van der Waals surface area (Å²) in [6, 6.07) is 4.75. The van der Waals surface area contributed by atoms with Crippen LogP contribution in [0.4, 0.5) is 5.69 Å². The number of nitrogens with one attached hydrogen (secondary N) is 2. The molecule has 1 aromatic carbocycles. The fourth-order valence-electron chi connectivity index (χ4n) is 3.21. The highest BCUT2D eigenvalue weighted by Crippen LogP contribution is 2.50. The van der Waals surface area contributed by atoms with Gasteiger partial charge in [0.2, 0.25) is 15.9 Å². The number of rotatable bonds is 6. The molecule has 0 heterocycles. The summed E-state index contributed by atoms with van der Waals surface area (Å²) in [6.07, 6.45) is 0.345. The number of hydrogen-bond acceptors (Lipinski definition) is 5. The summed E-state index contributed by atoms with van der Waals surface area (Å²) >= 11 is 0. The summed E-state index contributed by atoms with van der Waals surface area (Å²) in [5.41, 5.74) is 5.68. The minimum atomic E-state index is -3.61. The van der Waals surface area contributed by atoms with Gasteiger partial charge in [0.1, 0.15) is 5.54 Å². The maximum Gasteiger partial charge on any atom is 0.245 e. The Bertz CT molecular complexity index is 776. The minimum Gasteiger partial charge on any atom is -0.378 e. The van der Waals surface area contributed by atoms with Crippen LogP contribution in [-0.2, 0) is 19.6 Å². The first-order valence-electron chi connectivity index (χ1n) is 8.26. The van der Waals surface area contributed by atoms with E-state index in [1.54, 1.807) is 19.1 Å². The Labute approximate surface area is 149 Å².